The van der Waals surface area contributed by atoms with Crippen LogP contribution in [0, 0.1) is 0 Å². The quantitative estimate of drug-likeness (QED) is 0.698. The highest BCUT2D eigenvalue weighted by Gasteiger charge is 2.23. The van der Waals surface area contributed by atoms with Gasteiger partial charge in [0.15, 0.2) is 0 Å². The van der Waals surface area contributed by atoms with Gasteiger partial charge in [0.2, 0.25) is 15.7 Å². The van der Waals surface area contributed by atoms with Crippen molar-refractivity contribution < 1.29 is 13.2 Å². The van der Waals surface area contributed by atoms with E-state index in [-0.39, 0.29) is 22.2 Å². The number of benzene rings is 2. The highest BCUT2D eigenvalue weighted by Crippen LogP contribution is 2.30. The monoisotopic (exact) mass is 390 g/mol. The summed E-state index contributed by atoms with van der Waals surface area (Å²) in [5, 5.41) is 3.87. The molecule has 3 rings (SSSR count). The topological polar surface area (TPSA) is 68.2 Å². The molecule has 3 aromatic rings. The number of aromatic nitrogens is 1. The molecule has 0 unspecified atom stereocenters. The van der Waals surface area contributed by atoms with Crippen LogP contribution in [0.25, 0.3) is 10.9 Å². The van der Waals surface area contributed by atoms with Crippen LogP contribution in [-0.2, 0) is 21.2 Å². The average molecular weight is 391 g/mol. The normalized spacial score (nSPS) is 11.6. The number of rotatable bonds is 6. The third kappa shape index (κ3) is 3.61. The van der Waals surface area contributed by atoms with Crippen LogP contribution in [0.1, 0.15) is 13.3 Å². The molecule has 0 bridgehead atoms. The van der Waals surface area contributed by atoms with Crippen molar-refractivity contribution in [3.63, 3.8) is 0 Å². The fourth-order valence-electron chi connectivity index (χ4n) is 2.77. The zero-order chi connectivity index (χ0) is 18.7. The number of sulfone groups is 1. The third-order valence-electron chi connectivity index (χ3n) is 4.05. The molecule has 0 fully saturated rings. The summed E-state index contributed by atoms with van der Waals surface area (Å²) in [5.74, 6) is -0.150. The van der Waals surface area contributed by atoms with E-state index in [2.05, 4.69) is 5.32 Å². The SMILES string of the molecule is CCCNC(=O)Cn1cc(S(=O)(=O)c2ccc(Cl)cc2)c2ccccc21. The molecule has 26 heavy (non-hydrogen) atoms. The lowest BCUT2D eigenvalue weighted by atomic mass is 10.2. The molecule has 2 aromatic carbocycles. The maximum absolute atomic E-state index is 13.1. The number of nitrogens with one attached hydrogen (secondary N) is 1. The van der Waals surface area contributed by atoms with Crippen molar-refractivity contribution in [2.45, 2.75) is 29.7 Å². The minimum atomic E-state index is -3.73. The Morgan fingerprint density at radius 2 is 1.81 bits per heavy atom. The average Bonchev–Trinajstić information content (AvgIpc) is 3.00. The van der Waals surface area contributed by atoms with Gasteiger partial charge in [-0.1, -0.05) is 36.7 Å². The molecule has 0 aliphatic rings. The fraction of sp³-hybridized carbons (Fsp3) is 0.211. The third-order valence-corrected chi connectivity index (χ3v) is 6.10. The van der Waals surface area contributed by atoms with Crippen LogP contribution in [0.4, 0.5) is 0 Å². The first kappa shape index (κ1) is 18.5. The van der Waals surface area contributed by atoms with E-state index in [1.54, 1.807) is 28.8 Å². The van der Waals surface area contributed by atoms with Crippen molar-refractivity contribution in [1.29, 1.82) is 0 Å². The van der Waals surface area contributed by atoms with Gasteiger partial charge in [0, 0.05) is 28.7 Å². The largest absolute Gasteiger partial charge is 0.355 e. The molecular weight excluding hydrogens is 372 g/mol. The number of hydrogen-bond acceptors (Lipinski definition) is 3. The van der Waals surface area contributed by atoms with Crippen molar-refractivity contribution in [1.82, 2.24) is 9.88 Å². The van der Waals surface area contributed by atoms with Crippen LogP contribution in [0.15, 0.2) is 64.5 Å². The number of fused-ring (bicyclic) bond motifs is 1. The predicted octanol–water partition coefficient (Wildman–Crippen LogP) is 3.65. The maximum Gasteiger partial charge on any atom is 0.239 e. The Morgan fingerprint density at radius 3 is 2.50 bits per heavy atom. The fourth-order valence-corrected chi connectivity index (χ4v) is 4.38. The van der Waals surface area contributed by atoms with Crippen LogP contribution in [0.3, 0.4) is 0 Å². The molecule has 1 N–H and O–H groups in total. The van der Waals surface area contributed by atoms with Crippen LogP contribution in [-0.4, -0.2) is 25.4 Å². The second-order valence-corrected chi connectivity index (χ2v) is 8.30. The lowest BCUT2D eigenvalue weighted by molar-refractivity contribution is -0.121. The number of carbonyl (C=O) groups excluding carboxylic acids is 1. The first-order chi connectivity index (χ1) is 12.4. The van der Waals surface area contributed by atoms with Gasteiger partial charge >= 0.3 is 0 Å². The highest BCUT2D eigenvalue weighted by atomic mass is 35.5. The second kappa shape index (κ2) is 7.51. The molecule has 0 atom stereocenters. The van der Waals surface area contributed by atoms with Gasteiger partial charge in [-0.05, 0) is 36.8 Å². The summed E-state index contributed by atoms with van der Waals surface area (Å²) < 4.78 is 27.8. The van der Waals surface area contributed by atoms with E-state index in [1.807, 2.05) is 19.1 Å². The summed E-state index contributed by atoms with van der Waals surface area (Å²) in [4.78, 5) is 12.4. The van der Waals surface area contributed by atoms with Crippen molar-refractivity contribution in [2.75, 3.05) is 6.54 Å². The van der Waals surface area contributed by atoms with Gasteiger partial charge in [0.25, 0.3) is 0 Å². The molecule has 0 radical (unpaired) electrons. The minimum absolute atomic E-state index is 0.0661. The number of halogens is 1. The van der Waals surface area contributed by atoms with Gasteiger partial charge in [-0.25, -0.2) is 8.42 Å². The molecular formula is C19H19ClN2O3S. The van der Waals surface area contributed by atoms with E-state index in [0.29, 0.717) is 22.5 Å². The van der Waals surface area contributed by atoms with Gasteiger partial charge < -0.3 is 9.88 Å². The maximum atomic E-state index is 13.1. The molecule has 1 heterocycles. The van der Waals surface area contributed by atoms with Crippen molar-refractivity contribution in [3.05, 3.63) is 59.8 Å². The van der Waals surface area contributed by atoms with Crippen molar-refractivity contribution >= 4 is 38.2 Å². The molecule has 7 heteroatoms. The Kier molecular flexibility index (Phi) is 5.34. The summed E-state index contributed by atoms with van der Waals surface area (Å²) in [5.41, 5.74) is 0.701. The van der Waals surface area contributed by atoms with E-state index < -0.39 is 9.84 Å². The summed E-state index contributed by atoms with van der Waals surface area (Å²) in [6.07, 6.45) is 2.37. The summed E-state index contributed by atoms with van der Waals surface area (Å²) in [6, 6.07) is 13.2. The highest BCUT2D eigenvalue weighted by molar-refractivity contribution is 7.91. The number of hydrogen-bond donors (Lipinski definition) is 1. The van der Waals surface area contributed by atoms with E-state index >= 15 is 0 Å². The van der Waals surface area contributed by atoms with Crippen LogP contribution < -0.4 is 5.32 Å². The van der Waals surface area contributed by atoms with Gasteiger partial charge in [-0.15, -0.1) is 0 Å². The smallest absolute Gasteiger partial charge is 0.239 e. The Labute approximate surface area is 157 Å². The Morgan fingerprint density at radius 1 is 1.12 bits per heavy atom. The first-order valence-corrected chi connectivity index (χ1v) is 10.1. The van der Waals surface area contributed by atoms with Gasteiger partial charge in [-0.3, -0.25) is 4.79 Å². The van der Waals surface area contributed by atoms with Gasteiger partial charge in [-0.2, -0.15) is 0 Å². The molecule has 0 aliphatic heterocycles. The van der Waals surface area contributed by atoms with Crippen molar-refractivity contribution in [3.8, 4) is 0 Å². The van der Waals surface area contributed by atoms with Gasteiger partial charge in [0.1, 0.15) is 6.54 Å². The Hall–Kier alpha value is -2.31. The minimum Gasteiger partial charge on any atom is -0.355 e. The van der Waals surface area contributed by atoms with Crippen molar-refractivity contribution in [2.24, 2.45) is 0 Å². The lowest BCUT2D eigenvalue weighted by Gasteiger charge is -2.06. The lowest BCUT2D eigenvalue weighted by Crippen LogP contribution is -2.27. The molecule has 5 nitrogen and oxygen atoms in total. The Bertz CT molecular complexity index is 1040. The Balaban J connectivity index is 2.06. The number of nitrogens with zero attached hydrogens (tertiary/aromatic N) is 1. The molecule has 1 amide bonds. The molecule has 0 aliphatic carbocycles. The molecule has 0 saturated heterocycles. The molecule has 136 valence electrons. The zero-order valence-corrected chi connectivity index (χ0v) is 15.8. The van der Waals surface area contributed by atoms with E-state index in [4.69, 9.17) is 11.6 Å². The first-order valence-electron chi connectivity index (χ1n) is 8.28. The van der Waals surface area contributed by atoms with E-state index in [9.17, 15) is 13.2 Å². The molecule has 0 spiro atoms. The van der Waals surface area contributed by atoms with Crippen LogP contribution in [0.2, 0.25) is 5.02 Å². The standard InChI is InChI=1S/C19H19ClN2O3S/c1-2-11-21-19(23)13-22-12-18(16-5-3-4-6-17(16)22)26(24,25)15-9-7-14(20)8-10-15/h3-10,12H,2,11,13H2,1H3,(H,21,23). The molecule has 1 aromatic heterocycles. The number of amides is 1. The van der Waals surface area contributed by atoms with Crippen LogP contribution >= 0.6 is 11.6 Å². The predicted molar refractivity (Wildman–Crippen MR) is 102 cm³/mol. The summed E-state index contributed by atoms with van der Waals surface area (Å²) in [7, 11) is -3.73. The van der Waals surface area contributed by atoms with E-state index in [0.717, 1.165) is 6.42 Å². The number of carbonyl (C=O) groups is 1. The summed E-state index contributed by atoms with van der Waals surface area (Å²) in [6.45, 7) is 2.63. The molecule has 0 saturated carbocycles. The van der Waals surface area contributed by atoms with Gasteiger partial charge in [0.05, 0.1) is 9.79 Å². The zero-order valence-electron chi connectivity index (χ0n) is 14.3. The second-order valence-electron chi connectivity index (χ2n) is 5.95. The van der Waals surface area contributed by atoms with Crippen LogP contribution in [0.5, 0.6) is 0 Å². The number of para-hydroxylation sites is 1. The summed E-state index contributed by atoms with van der Waals surface area (Å²) >= 11 is 5.86. The van der Waals surface area contributed by atoms with E-state index in [1.165, 1.54) is 18.3 Å².